The molecule has 3 rings (SSSR count). The number of aryl methyl sites for hydroxylation is 1. The first kappa shape index (κ1) is 18.0. The quantitative estimate of drug-likeness (QED) is 0.830. The van der Waals surface area contributed by atoms with Gasteiger partial charge in [-0.3, -0.25) is 4.90 Å². The van der Waals surface area contributed by atoms with E-state index in [0.29, 0.717) is 24.2 Å². The van der Waals surface area contributed by atoms with Crippen molar-refractivity contribution in [1.82, 2.24) is 20.0 Å². The minimum Gasteiger partial charge on any atom is -0.419 e. The van der Waals surface area contributed by atoms with Crippen molar-refractivity contribution in [2.45, 2.75) is 26.3 Å². The van der Waals surface area contributed by atoms with Crippen molar-refractivity contribution < 1.29 is 9.52 Å². The molecule has 0 radical (unpaired) electrons. The molecule has 0 bridgehead atoms. The Morgan fingerprint density at radius 1 is 1.20 bits per heavy atom. The van der Waals surface area contributed by atoms with E-state index in [1.54, 1.807) is 0 Å². The maximum atomic E-state index is 9.02. The first-order valence-electron chi connectivity index (χ1n) is 9.05. The van der Waals surface area contributed by atoms with Crippen LogP contribution in [-0.4, -0.2) is 64.9 Å². The smallest absolute Gasteiger partial charge is 0.247 e. The number of nitrogens with zero attached hydrogens (tertiary/aromatic N) is 4. The number of β-amino-alcohol motifs (C(OH)–C–C–N with tert-alkyl or cyclic N) is 1. The van der Waals surface area contributed by atoms with Gasteiger partial charge in [0.2, 0.25) is 11.8 Å². The molecule has 0 spiro atoms. The highest BCUT2D eigenvalue weighted by molar-refractivity contribution is 5.52. The molecule has 25 heavy (non-hydrogen) atoms. The van der Waals surface area contributed by atoms with Gasteiger partial charge in [0.15, 0.2) is 0 Å². The Balaban J connectivity index is 1.49. The number of rotatable bonds is 7. The van der Waals surface area contributed by atoms with Crippen molar-refractivity contribution in [1.29, 1.82) is 0 Å². The van der Waals surface area contributed by atoms with Crippen LogP contribution in [0.15, 0.2) is 28.7 Å². The van der Waals surface area contributed by atoms with Gasteiger partial charge in [-0.05, 0) is 58.0 Å². The highest BCUT2D eigenvalue weighted by Crippen LogP contribution is 2.20. The number of aromatic nitrogens is 2. The van der Waals surface area contributed by atoms with E-state index in [2.05, 4.69) is 46.1 Å². The number of aliphatic hydroxyl groups is 1. The summed E-state index contributed by atoms with van der Waals surface area (Å²) in [4.78, 5) is 4.60. The summed E-state index contributed by atoms with van der Waals surface area (Å²) in [5.74, 6) is 1.94. The minimum absolute atomic E-state index is 0.255. The van der Waals surface area contributed by atoms with E-state index in [-0.39, 0.29) is 6.61 Å². The number of likely N-dealkylation sites (tertiary alicyclic amines) is 1. The van der Waals surface area contributed by atoms with Crippen LogP contribution >= 0.6 is 0 Å². The highest BCUT2D eigenvalue weighted by Gasteiger charge is 2.20. The molecule has 0 unspecified atom stereocenters. The van der Waals surface area contributed by atoms with Crippen LogP contribution in [0, 0.1) is 12.8 Å². The Morgan fingerprint density at radius 3 is 2.60 bits per heavy atom. The van der Waals surface area contributed by atoms with Crippen LogP contribution in [0.3, 0.4) is 0 Å². The lowest BCUT2D eigenvalue weighted by molar-refractivity contribution is 0.127. The topological polar surface area (TPSA) is 65.6 Å². The van der Waals surface area contributed by atoms with E-state index in [4.69, 9.17) is 9.52 Å². The second-order valence-corrected chi connectivity index (χ2v) is 7.07. The predicted octanol–water partition coefficient (Wildman–Crippen LogP) is 2.18. The van der Waals surface area contributed by atoms with Crippen LogP contribution in [0.4, 0.5) is 0 Å². The molecule has 1 saturated heterocycles. The molecule has 1 aliphatic heterocycles. The van der Waals surface area contributed by atoms with Gasteiger partial charge < -0.3 is 14.4 Å². The fraction of sp³-hybridized carbons (Fsp3) is 0.579. The van der Waals surface area contributed by atoms with Crippen LogP contribution in [0.1, 0.15) is 24.3 Å². The second kappa shape index (κ2) is 8.56. The van der Waals surface area contributed by atoms with E-state index >= 15 is 0 Å². The molecular formula is C19H28N4O2. The standard InChI is InChI=1S/C19H28N4O2/c1-15-3-5-17(6-4-15)19-21-20-18(25-19)14-22(2)13-16-7-9-23(10-8-16)11-12-24/h3-6,16,24H,7-14H2,1-2H3. The largest absolute Gasteiger partial charge is 0.419 e. The normalized spacial score (nSPS) is 16.6. The summed E-state index contributed by atoms with van der Waals surface area (Å²) in [6.45, 7) is 6.99. The lowest BCUT2D eigenvalue weighted by atomic mass is 9.96. The Hall–Kier alpha value is -1.76. The molecule has 0 amide bonds. The first-order valence-corrected chi connectivity index (χ1v) is 9.05. The average molecular weight is 344 g/mol. The molecule has 1 aromatic carbocycles. The molecule has 1 aliphatic rings. The summed E-state index contributed by atoms with van der Waals surface area (Å²) in [6, 6.07) is 8.12. The van der Waals surface area contributed by atoms with Gasteiger partial charge in [-0.2, -0.15) is 0 Å². The van der Waals surface area contributed by atoms with Crippen molar-refractivity contribution >= 4 is 0 Å². The van der Waals surface area contributed by atoms with Crippen molar-refractivity contribution in [3.63, 3.8) is 0 Å². The molecule has 136 valence electrons. The predicted molar refractivity (Wildman–Crippen MR) is 97.1 cm³/mol. The molecule has 1 fully saturated rings. The molecular weight excluding hydrogens is 316 g/mol. The fourth-order valence-electron chi connectivity index (χ4n) is 3.40. The van der Waals surface area contributed by atoms with Crippen molar-refractivity contribution in [3.8, 4) is 11.5 Å². The Bertz CT molecular complexity index is 648. The fourth-order valence-corrected chi connectivity index (χ4v) is 3.40. The lowest BCUT2D eigenvalue weighted by Gasteiger charge is -2.33. The zero-order valence-electron chi connectivity index (χ0n) is 15.2. The molecule has 2 heterocycles. The summed E-state index contributed by atoms with van der Waals surface area (Å²) in [6.07, 6.45) is 2.37. The molecule has 1 aromatic heterocycles. The van der Waals surface area contributed by atoms with Gasteiger partial charge in [0.25, 0.3) is 0 Å². The zero-order valence-corrected chi connectivity index (χ0v) is 15.2. The molecule has 2 aromatic rings. The summed E-state index contributed by atoms with van der Waals surface area (Å²) in [7, 11) is 2.11. The molecule has 6 nitrogen and oxygen atoms in total. The zero-order chi connectivity index (χ0) is 17.6. The van der Waals surface area contributed by atoms with Gasteiger partial charge in [0.05, 0.1) is 13.2 Å². The van der Waals surface area contributed by atoms with Crippen molar-refractivity contribution in [3.05, 3.63) is 35.7 Å². The van der Waals surface area contributed by atoms with Gasteiger partial charge in [0.1, 0.15) is 0 Å². The van der Waals surface area contributed by atoms with E-state index in [0.717, 1.165) is 31.7 Å². The van der Waals surface area contributed by atoms with Crippen LogP contribution in [0.2, 0.25) is 0 Å². The minimum atomic E-state index is 0.255. The highest BCUT2D eigenvalue weighted by atomic mass is 16.4. The third-order valence-electron chi connectivity index (χ3n) is 4.86. The van der Waals surface area contributed by atoms with E-state index in [1.807, 2.05) is 12.1 Å². The van der Waals surface area contributed by atoms with Crippen LogP contribution < -0.4 is 0 Å². The SMILES string of the molecule is Cc1ccc(-c2nnc(CN(C)CC3CCN(CCO)CC3)o2)cc1. The molecule has 6 heteroatoms. The third kappa shape index (κ3) is 5.11. The summed E-state index contributed by atoms with van der Waals surface area (Å²) >= 11 is 0. The second-order valence-electron chi connectivity index (χ2n) is 7.07. The van der Waals surface area contributed by atoms with Crippen LogP contribution in [0.25, 0.3) is 11.5 Å². The number of piperidine rings is 1. The lowest BCUT2D eigenvalue weighted by Crippen LogP contribution is -2.38. The molecule has 0 saturated carbocycles. The van der Waals surface area contributed by atoms with E-state index in [9.17, 15) is 0 Å². The Morgan fingerprint density at radius 2 is 1.92 bits per heavy atom. The summed E-state index contributed by atoms with van der Waals surface area (Å²) in [5, 5.41) is 17.4. The van der Waals surface area contributed by atoms with Gasteiger partial charge in [-0.25, -0.2) is 0 Å². The van der Waals surface area contributed by atoms with Crippen LogP contribution in [0.5, 0.6) is 0 Å². The number of aliphatic hydroxyl groups excluding tert-OH is 1. The average Bonchev–Trinajstić information content (AvgIpc) is 3.06. The van der Waals surface area contributed by atoms with Crippen LogP contribution in [-0.2, 0) is 6.54 Å². The summed E-state index contributed by atoms with van der Waals surface area (Å²) in [5.41, 5.74) is 2.18. The van der Waals surface area contributed by atoms with Crippen molar-refractivity contribution in [2.24, 2.45) is 5.92 Å². The first-order chi connectivity index (χ1) is 12.1. The number of hydrogen-bond donors (Lipinski definition) is 1. The van der Waals surface area contributed by atoms with Gasteiger partial charge in [0, 0.05) is 18.7 Å². The van der Waals surface area contributed by atoms with Crippen molar-refractivity contribution in [2.75, 3.05) is 39.8 Å². The maximum Gasteiger partial charge on any atom is 0.247 e. The van der Waals surface area contributed by atoms with E-state index < -0.39 is 0 Å². The van der Waals surface area contributed by atoms with Gasteiger partial charge >= 0.3 is 0 Å². The van der Waals surface area contributed by atoms with Gasteiger partial charge in [-0.15, -0.1) is 10.2 Å². The van der Waals surface area contributed by atoms with E-state index in [1.165, 1.54) is 18.4 Å². The number of hydrogen-bond acceptors (Lipinski definition) is 6. The maximum absolute atomic E-state index is 9.02. The number of benzene rings is 1. The monoisotopic (exact) mass is 344 g/mol. The Labute approximate surface area is 149 Å². The summed E-state index contributed by atoms with van der Waals surface area (Å²) < 4.78 is 5.82. The molecule has 0 atom stereocenters. The Kier molecular flexibility index (Phi) is 6.18. The van der Waals surface area contributed by atoms with Gasteiger partial charge in [-0.1, -0.05) is 17.7 Å². The third-order valence-corrected chi connectivity index (χ3v) is 4.86. The molecule has 0 aliphatic carbocycles. The molecule has 1 N–H and O–H groups in total.